The zero-order valence-electron chi connectivity index (χ0n) is 11.8. The summed E-state index contributed by atoms with van der Waals surface area (Å²) in [7, 11) is 3.27. The molecule has 108 valence electrons. The minimum Gasteiger partial charge on any atom is -0.497 e. The van der Waals surface area contributed by atoms with Gasteiger partial charge >= 0.3 is 0 Å². The number of hydrogen-bond donors (Lipinski definition) is 0. The van der Waals surface area contributed by atoms with E-state index in [9.17, 15) is 4.79 Å². The number of ether oxygens (including phenoxy) is 2. The second-order valence-corrected chi connectivity index (χ2v) is 5.43. The van der Waals surface area contributed by atoms with Gasteiger partial charge in [0.15, 0.2) is 5.78 Å². The van der Waals surface area contributed by atoms with E-state index in [2.05, 4.69) is 0 Å². The maximum Gasteiger partial charge on any atom is 0.177 e. The lowest BCUT2D eigenvalue weighted by atomic mass is 9.84. The van der Waals surface area contributed by atoms with Gasteiger partial charge in [-0.1, -0.05) is 12.1 Å². The van der Waals surface area contributed by atoms with Gasteiger partial charge in [-0.25, -0.2) is 0 Å². The summed E-state index contributed by atoms with van der Waals surface area (Å²) in [5, 5.41) is -0.479. The predicted octanol–water partition coefficient (Wildman–Crippen LogP) is 3.31. The maximum atomic E-state index is 12.3. The number of halogens is 1. The minimum atomic E-state index is -0.479. The Hall–Kier alpha value is -1.32. The molecule has 20 heavy (non-hydrogen) atoms. The lowest BCUT2D eigenvalue weighted by molar-refractivity contribution is -0.117. The molecule has 0 aliphatic heterocycles. The van der Waals surface area contributed by atoms with Crippen molar-refractivity contribution in [1.82, 2.24) is 0 Å². The smallest absolute Gasteiger partial charge is 0.177 e. The van der Waals surface area contributed by atoms with E-state index in [1.54, 1.807) is 14.2 Å². The third-order valence-corrected chi connectivity index (χ3v) is 4.16. The highest BCUT2D eigenvalue weighted by atomic mass is 35.5. The van der Waals surface area contributed by atoms with E-state index in [1.165, 1.54) is 0 Å². The fourth-order valence-corrected chi connectivity index (χ4v) is 2.77. The molecule has 0 saturated heterocycles. The fourth-order valence-electron chi connectivity index (χ4n) is 2.43. The summed E-state index contributed by atoms with van der Waals surface area (Å²) < 4.78 is 10.2. The molecular weight excluding hydrogens is 276 g/mol. The summed E-state index contributed by atoms with van der Waals surface area (Å²) in [6.07, 6.45) is 3.55. The second-order valence-electron chi connectivity index (χ2n) is 4.96. The summed E-state index contributed by atoms with van der Waals surface area (Å²) >= 11 is 6.23. The first kappa shape index (κ1) is 15.1. The molecule has 2 atom stereocenters. The number of methoxy groups -OCH3 is 2. The van der Waals surface area contributed by atoms with Gasteiger partial charge in [0.2, 0.25) is 0 Å². The number of ketones is 1. The average molecular weight is 295 g/mol. The van der Waals surface area contributed by atoms with Gasteiger partial charge in [-0.3, -0.25) is 4.79 Å². The van der Waals surface area contributed by atoms with E-state index in [0.29, 0.717) is 6.61 Å². The van der Waals surface area contributed by atoms with Gasteiger partial charge in [-0.15, -0.1) is 11.6 Å². The van der Waals surface area contributed by atoms with E-state index in [-0.39, 0.29) is 11.7 Å². The van der Waals surface area contributed by atoms with Crippen LogP contribution in [0.3, 0.4) is 0 Å². The van der Waals surface area contributed by atoms with Crippen LogP contribution in [0.5, 0.6) is 5.75 Å². The number of carbonyl (C=O) groups excluding carboxylic acids is 1. The Balaban J connectivity index is 2.12. The molecular formula is C16H19ClO3. The molecule has 0 N–H and O–H groups in total. The van der Waals surface area contributed by atoms with Crippen LogP contribution in [-0.4, -0.2) is 32.0 Å². The van der Waals surface area contributed by atoms with E-state index < -0.39 is 5.38 Å². The monoisotopic (exact) mass is 294 g/mol. The molecule has 4 heteroatoms. The molecule has 0 spiro atoms. The number of Topliss-reactive ketones (excluding diaryl/α,β-unsaturated/α-hetero) is 1. The largest absolute Gasteiger partial charge is 0.497 e. The lowest BCUT2D eigenvalue weighted by Gasteiger charge is -2.27. The molecule has 1 aliphatic rings. The first-order valence-electron chi connectivity index (χ1n) is 6.67. The fraction of sp³-hybridized carbons (Fsp3) is 0.438. The van der Waals surface area contributed by atoms with Gasteiger partial charge in [0.05, 0.1) is 13.7 Å². The van der Waals surface area contributed by atoms with Crippen molar-refractivity contribution in [1.29, 1.82) is 0 Å². The molecule has 0 amide bonds. The molecule has 3 nitrogen and oxygen atoms in total. The summed E-state index contributed by atoms with van der Waals surface area (Å²) in [5.74, 6) is 0.940. The first-order chi connectivity index (χ1) is 9.65. The molecule has 1 aromatic carbocycles. The highest BCUT2D eigenvalue weighted by Crippen LogP contribution is 2.31. The lowest BCUT2D eigenvalue weighted by Crippen LogP contribution is -2.33. The predicted molar refractivity (Wildman–Crippen MR) is 80.2 cm³/mol. The van der Waals surface area contributed by atoms with Crippen LogP contribution >= 0.6 is 11.6 Å². The zero-order chi connectivity index (χ0) is 14.5. The Morgan fingerprint density at radius 1 is 1.30 bits per heavy atom. The quantitative estimate of drug-likeness (QED) is 0.631. The van der Waals surface area contributed by atoms with Gasteiger partial charge in [0.1, 0.15) is 11.1 Å². The summed E-state index contributed by atoms with van der Waals surface area (Å²) in [6.45, 7) is 0.537. The van der Waals surface area contributed by atoms with Crippen LogP contribution in [0.1, 0.15) is 18.4 Å². The molecule has 2 unspecified atom stereocenters. The Morgan fingerprint density at radius 2 is 2.00 bits per heavy atom. The average Bonchev–Trinajstić information content (AvgIpc) is 2.48. The molecule has 0 aromatic heterocycles. The van der Waals surface area contributed by atoms with Crippen molar-refractivity contribution in [2.75, 3.05) is 20.8 Å². The van der Waals surface area contributed by atoms with Crippen molar-refractivity contribution in [2.24, 2.45) is 5.92 Å². The molecule has 0 heterocycles. The molecule has 2 rings (SSSR count). The number of allylic oxidation sites excluding steroid dienone is 1. The Kier molecular flexibility index (Phi) is 5.21. The van der Waals surface area contributed by atoms with Gasteiger partial charge in [-0.05, 0) is 42.2 Å². The molecule has 1 saturated carbocycles. The van der Waals surface area contributed by atoms with Crippen molar-refractivity contribution >= 4 is 23.5 Å². The van der Waals surface area contributed by atoms with Crippen LogP contribution in [0.4, 0.5) is 0 Å². The van der Waals surface area contributed by atoms with Gasteiger partial charge < -0.3 is 9.47 Å². The molecule has 1 aromatic rings. The normalized spacial score (nSPS) is 24.9. The molecule has 1 aliphatic carbocycles. The second kappa shape index (κ2) is 6.91. The highest BCUT2D eigenvalue weighted by molar-refractivity contribution is 6.34. The van der Waals surface area contributed by atoms with Crippen molar-refractivity contribution in [2.45, 2.75) is 18.2 Å². The van der Waals surface area contributed by atoms with E-state index in [4.69, 9.17) is 21.1 Å². The third-order valence-electron chi connectivity index (χ3n) is 3.60. The van der Waals surface area contributed by atoms with Gasteiger partial charge in [0.25, 0.3) is 0 Å². The number of alkyl halides is 1. The summed E-state index contributed by atoms with van der Waals surface area (Å²) in [6, 6.07) is 7.63. The van der Waals surface area contributed by atoms with Crippen LogP contribution in [0.25, 0.3) is 6.08 Å². The minimum absolute atomic E-state index is 0.0239. The Morgan fingerprint density at radius 3 is 2.60 bits per heavy atom. The number of hydrogen-bond acceptors (Lipinski definition) is 3. The SMILES string of the molecule is COCC1CCC(=Cc2ccc(OC)cc2)C(=O)C1Cl. The van der Waals surface area contributed by atoms with E-state index in [0.717, 1.165) is 29.7 Å². The molecule has 0 radical (unpaired) electrons. The van der Waals surface area contributed by atoms with Crippen molar-refractivity contribution < 1.29 is 14.3 Å². The van der Waals surface area contributed by atoms with Crippen molar-refractivity contribution in [3.63, 3.8) is 0 Å². The van der Waals surface area contributed by atoms with Crippen LogP contribution in [0.2, 0.25) is 0 Å². The highest BCUT2D eigenvalue weighted by Gasteiger charge is 2.33. The number of rotatable bonds is 4. The number of carbonyl (C=O) groups is 1. The summed E-state index contributed by atoms with van der Waals surface area (Å²) in [5.41, 5.74) is 1.78. The third kappa shape index (κ3) is 3.41. The van der Waals surface area contributed by atoms with Crippen LogP contribution in [-0.2, 0) is 9.53 Å². The summed E-state index contributed by atoms with van der Waals surface area (Å²) in [4.78, 5) is 12.3. The van der Waals surface area contributed by atoms with Gasteiger partial charge in [0, 0.05) is 13.0 Å². The van der Waals surface area contributed by atoms with E-state index in [1.807, 2.05) is 30.3 Å². The van der Waals surface area contributed by atoms with Crippen LogP contribution in [0.15, 0.2) is 29.8 Å². The standard InChI is InChI=1S/C16H19ClO3/c1-19-10-13-6-5-12(16(18)15(13)17)9-11-3-7-14(20-2)8-4-11/h3-4,7-9,13,15H,5-6,10H2,1-2H3. The molecule has 1 fully saturated rings. The van der Waals surface area contributed by atoms with Gasteiger partial charge in [-0.2, -0.15) is 0 Å². The topological polar surface area (TPSA) is 35.5 Å². The first-order valence-corrected chi connectivity index (χ1v) is 7.11. The van der Waals surface area contributed by atoms with Crippen LogP contribution < -0.4 is 4.74 Å². The Bertz CT molecular complexity index is 493. The maximum absolute atomic E-state index is 12.3. The van der Waals surface area contributed by atoms with Crippen molar-refractivity contribution in [3.8, 4) is 5.75 Å². The Labute approximate surface area is 124 Å². The van der Waals surface area contributed by atoms with Crippen molar-refractivity contribution in [3.05, 3.63) is 35.4 Å². The van der Waals surface area contributed by atoms with E-state index >= 15 is 0 Å². The molecule has 0 bridgehead atoms. The zero-order valence-corrected chi connectivity index (χ0v) is 12.5. The van der Waals surface area contributed by atoms with Crippen LogP contribution in [0, 0.1) is 5.92 Å². The number of benzene rings is 1.